The zero-order chi connectivity index (χ0) is 14.8. The summed E-state index contributed by atoms with van der Waals surface area (Å²) in [6.07, 6.45) is 2.82. The molecule has 0 bridgehead atoms. The highest BCUT2D eigenvalue weighted by Crippen LogP contribution is 2.29. The molecule has 108 valence electrons. The molecule has 5 heteroatoms. The zero-order valence-electron chi connectivity index (χ0n) is 12.6. The first-order valence-electron chi connectivity index (χ1n) is 7.21. The Balaban J connectivity index is 2.19. The van der Waals surface area contributed by atoms with Crippen molar-refractivity contribution in [3.8, 4) is 11.3 Å². The third-order valence-electron chi connectivity index (χ3n) is 3.49. The van der Waals surface area contributed by atoms with E-state index in [1.165, 1.54) is 11.1 Å². The monoisotopic (exact) mass is 281 g/mol. The fraction of sp³-hybridized carbons (Fsp3) is 0.312. The van der Waals surface area contributed by atoms with E-state index in [4.69, 9.17) is 4.98 Å². The molecule has 3 aromatic rings. The number of fused-ring (bicyclic) bond motifs is 1. The predicted molar refractivity (Wildman–Crippen MR) is 85.4 cm³/mol. The van der Waals surface area contributed by atoms with E-state index in [1.807, 2.05) is 0 Å². The number of benzene rings is 1. The van der Waals surface area contributed by atoms with Crippen molar-refractivity contribution in [1.29, 1.82) is 0 Å². The Morgan fingerprint density at radius 3 is 2.86 bits per heavy atom. The van der Waals surface area contributed by atoms with Crippen LogP contribution >= 0.6 is 0 Å². The van der Waals surface area contributed by atoms with Crippen LogP contribution in [0.5, 0.6) is 0 Å². The number of nitrogens with one attached hydrogen (secondary N) is 2. The third kappa shape index (κ3) is 2.59. The van der Waals surface area contributed by atoms with Gasteiger partial charge in [0.05, 0.1) is 17.3 Å². The molecular formula is C16H19N5. The van der Waals surface area contributed by atoms with Crippen molar-refractivity contribution in [2.75, 3.05) is 11.9 Å². The van der Waals surface area contributed by atoms with Crippen molar-refractivity contribution in [3.05, 3.63) is 35.5 Å². The number of aryl methyl sites for hydroxylation is 2. The van der Waals surface area contributed by atoms with Gasteiger partial charge in [-0.05, 0) is 31.9 Å². The molecule has 5 nitrogen and oxygen atoms in total. The molecule has 0 radical (unpaired) electrons. The first-order valence-corrected chi connectivity index (χ1v) is 7.21. The molecule has 0 unspecified atom stereocenters. The van der Waals surface area contributed by atoms with E-state index in [0.717, 1.165) is 35.3 Å². The van der Waals surface area contributed by atoms with E-state index in [-0.39, 0.29) is 0 Å². The van der Waals surface area contributed by atoms with Crippen LogP contribution in [0.4, 0.5) is 5.95 Å². The number of anilines is 1. The van der Waals surface area contributed by atoms with Gasteiger partial charge in [0.2, 0.25) is 5.95 Å². The average Bonchev–Trinajstić information content (AvgIpc) is 2.95. The summed E-state index contributed by atoms with van der Waals surface area (Å²) >= 11 is 0. The second kappa shape index (κ2) is 5.52. The quantitative estimate of drug-likeness (QED) is 0.768. The van der Waals surface area contributed by atoms with E-state index in [0.29, 0.717) is 5.95 Å². The summed E-state index contributed by atoms with van der Waals surface area (Å²) < 4.78 is 0. The summed E-state index contributed by atoms with van der Waals surface area (Å²) in [6.45, 7) is 7.16. The first-order chi connectivity index (χ1) is 10.2. The highest BCUT2D eigenvalue weighted by molar-refractivity contribution is 5.91. The molecule has 0 saturated heterocycles. The van der Waals surface area contributed by atoms with Crippen LogP contribution in [0.15, 0.2) is 24.4 Å². The van der Waals surface area contributed by atoms with Gasteiger partial charge < -0.3 is 5.32 Å². The molecule has 2 aromatic heterocycles. The Labute approximate surface area is 123 Å². The largest absolute Gasteiger partial charge is 0.354 e. The Morgan fingerprint density at radius 2 is 2.05 bits per heavy atom. The molecule has 0 spiro atoms. The molecule has 0 saturated carbocycles. The van der Waals surface area contributed by atoms with Crippen LogP contribution in [0.25, 0.3) is 22.3 Å². The van der Waals surface area contributed by atoms with E-state index >= 15 is 0 Å². The smallest absolute Gasteiger partial charge is 0.225 e. The molecule has 2 N–H and O–H groups in total. The highest BCUT2D eigenvalue weighted by Gasteiger charge is 2.13. The third-order valence-corrected chi connectivity index (χ3v) is 3.49. The lowest BCUT2D eigenvalue weighted by atomic mass is 10.0. The molecular weight excluding hydrogens is 262 g/mol. The fourth-order valence-electron chi connectivity index (χ4n) is 2.35. The van der Waals surface area contributed by atoms with Gasteiger partial charge in [-0.15, -0.1) is 0 Å². The summed E-state index contributed by atoms with van der Waals surface area (Å²) in [5.41, 5.74) is 5.23. The number of hydrogen-bond acceptors (Lipinski definition) is 4. The minimum absolute atomic E-state index is 0.643. The molecule has 0 aliphatic carbocycles. The Hall–Kier alpha value is -2.43. The van der Waals surface area contributed by atoms with Crippen molar-refractivity contribution in [2.24, 2.45) is 0 Å². The van der Waals surface area contributed by atoms with Gasteiger partial charge in [-0.3, -0.25) is 5.10 Å². The Morgan fingerprint density at radius 1 is 1.19 bits per heavy atom. The molecule has 2 heterocycles. The maximum Gasteiger partial charge on any atom is 0.225 e. The second-order valence-corrected chi connectivity index (χ2v) is 5.27. The van der Waals surface area contributed by atoms with Gasteiger partial charge in [0, 0.05) is 12.1 Å². The summed E-state index contributed by atoms with van der Waals surface area (Å²) in [5.74, 6) is 0.643. The lowest BCUT2D eigenvalue weighted by Gasteiger charge is -2.10. The van der Waals surface area contributed by atoms with Crippen LogP contribution in [-0.4, -0.2) is 26.7 Å². The second-order valence-electron chi connectivity index (χ2n) is 5.27. The topological polar surface area (TPSA) is 66.5 Å². The summed E-state index contributed by atoms with van der Waals surface area (Å²) in [7, 11) is 0. The first kappa shape index (κ1) is 13.5. The molecule has 3 rings (SSSR count). The van der Waals surface area contributed by atoms with Crippen molar-refractivity contribution in [2.45, 2.75) is 27.2 Å². The number of H-pyrrole nitrogens is 1. The van der Waals surface area contributed by atoms with Crippen LogP contribution in [0.3, 0.4) is 0 Å². The number of aromatic nitrogens is 4. The lowest BCUT2D eigenvalue weighted by molar-refractivity contribution is 0.955. The van der Waals surface area contributed by atoms with Crippen molar-refractivity contribution < 1.29 is 0 Å². The normalized spacial score (nSPS) is 11.0. The van der Waals surface area contributed by atoms with E-state index < -0.39 is 0 Å². The molecule has 0 amide bonds. The van der Waals surface area contributed by atoms with Crippen molar-refractivity contribution in [3.63, 3.8) is 0 Å². The molecule has 0 aliphatic heterocycles. The van der Waals surface area contributed by atoms with Gasteiger partial charge in [-0.1, -0.05) is 24.6 Å². The van der Waals surface area contributed by atoms with Gasteiger partial charge in [0.25, 0.3) is 0 Å². The van der Waals surface area contributed by atoms with Crippen LogP contribution < -0.4 is 5.32 Å². The molecule has 0 fully saturated rings. The standard InChI is InChI=1S/C16H19N5/c1-4-7-17-16-19-14(13-9-18-21-15(13)20-16)12-8-10(2)5-6-11(12)3/h5-6,8-9H,4,7H2,1-3H3,(H2,17,18,19,20,21). The zero-order valence-corrected chi connectivity index (χ0v) is 12.6. The number of hydrogen-bond donors (Lipinski definition) is 2. The Bertz CT molecular complexity index is 775. The Kier molecular flexibility index (Phi) is 3.56. The molecule has 21 heavy (non-hydrogen) atoms. The van der Waals surface area contributed by atoms with Gasteiger partial charge in [-0.25, -0.2) is 4.98 Å². The SMILES string of the molecule is CCCNc1nc(-c2cc(C)ccc2C)c2cn[nH]c2n1. The van der Waals surface area contributed by atoms with Crippen molar-refractivity contribution >= 4 is 17.0 Å². The van der Waals surface area contributed by atoms with Gasteiger partial charge in [0.1, 0.15) is 0 Å². The van der Waals surface area contributed by atoms with Crippen molar-refractivity contribution in [1.82, 2.24) is 20.2 Å². The fourth-order valence-corrected chi connectivity index (χ4v) is 2.35. The van der Waals surface area contributed by atoms with Crippen LogP contribution in [-0.2, 0) is 0 Å². The average molecular weight is 281 g/mol. The van der Waals surface area contributed by atoms with E-state index in [9.17, 15) is 0 Å². The lowest BCUT2D eigenvalue weighted by Crippen LogP contribution is -2.05. The number of aromatic amines is 1. The summed E-state index contributed by atoms with van der Waals surface area (Å²) in [6, 6.07) is 6.40. The van der Waals surface area contributed by atoms with Gasteiger partial charge in [0.15, 0.2) is 5.65 Å². The van der Waals surface area contributed by atoms with Gasteiger partial charge in [-0.2, -0.15) is 10.1 Å². The number of nitrogens with zero attached hydrogens (tertiary/aromatic N) is 3. The van der Waals surface area contributed by atoms with E-state index in [2.05, 4.69) is 59.5 Å². The van der Waals surface area contributed by atoms with Crippen LogP contribution in [0, 0.1) is 13.8 Å². The highest BCUT2D eigenvalue weighted by atomic mass is 15.2. The summed E-state index contributed by atoms with van der Waals surface area (Å²) in [4.78, 5) is 9.17. The minimum atomic E-state index is 0.643. The molecule has 0 aliphatic rings. The summed E-state index contributed by atoms with van der Waals surface area (Å²) in [5, 5.41) is 11.2. The predicted octanol–water partition coefficient (Wildman–Crippen LogP) is 3.46. The van der Waals surface area contributed by atoms with Crippen LogP contribution in [0.1, 0.15) is 24.5 Å². The molecule has 1 aromatic carbocycles. The number of rotatable bonds is 4. The maximum absolute atomic E-state index is 4.70. The van der Waals surface area contributed by atoms with E-state index in [1.54, 1.807) is 6.20 Å². The van der Waals surface area contributed by atoms with Crippen LogP contribution in [0.2, 0.25) is 0 Å². The van der Waals surface area contributed by atoms with Gasteiger partial charge >= 0.3 is 0 Å². The minimum Gasteiger partial charge on any atom is -0.354 e. The maximum atomic E-state index is 4.70. The molecule has 0 atom stereocenters.